The normalized spacial score (nSPS) is 19.1. The summed E-state index contributed by atoms with van der Waals surface area (Å²) in [6, 6.07) is 8.34. The van der Waals surface area contributed by atoms with E-state index in [9.17, 15) is 18.0 Å². The van der Waals surface area contributed by atoms with Gasteiger partial charge in [0, 0.05) is 24.8 Å². The van der Waals surface area contributed by atoms with Crippen LogP contribution >= 0.6 is 0 Å². The van der Waals surface area contributed by atoms with Gasteiger partial charge in [-0.25, -0.2) is 22.8 Å². The van der Waals surface area contributed by atoms with Gasteiger partial charge in [0.2, 0.25) is 15.9 Å². The highest BCUT2D eigenvalue weighted by Crippen LogP contribution is 2.35. The van der Waals surface area contributed by atoms with Crippen molar-refractivity contribution in [3.8, 4) is 5.69 Å². The van der Waals surface area contributed by atoms with Crippen molar-refractivity contribution in [1.29, 1.82) is 0 Å². The number of nitrogens with zero attached hydrogens (tertiary/aromatic N) is 7. The lowest BCUT2D eigenvalue weighted by Gasteiger charge is -2.31. The highest BCUT2D eigenvalue weighted by atomic mass is 32.2. The van der Waals surface area contributed by atoms with E-state index in [2.05, 4.69) is 35.5 Å². The van der Waals surface area contributed by atoms with Crippen molar-refractivity contribution in [1.82, 2.24) is 44.4 Å². The second-order valence-corrected chi connectivity index (χ2v) is 12.3. The van der Waals surface area contributed by atoms with Crippen LogP contribution in [0.4, 0.5) is 5.82 Å². The molecule has 7 rings (SSSR count). The first-order chi connectivity index (χ1) is 19.8. The predicted molar refractivity (Wildman–Crippen MR) is 144 cm³/mol. The van der Waals surface area contributed by atoms with Crippen LogP contribution in [0.1, 0.15) is 58.9 Å². The number of carbonyl (C=O) groups excluding carboxylic acids is 2. The highest BCUT2D eigenvalue weighted by molar-refractivity contribution is 7.89. The molecule has 212 valence electrons. The van der Waals surface area contributed by atoms with Crippen molar-refractivity contribution < 1.29 is 18.0 Å². The number of rotatable bonds is 6. The molecular formula is C26H28N10O4S. The summed E-state index contributed by atoms with van der Waals surface area (Å²) in [6.07, 6.45) is 4.42. The summed E-state index contributed by atoms with van der Waals surface area (Å²) < 4.78 is 31.7. The Morgan fingerprint density at radius 1 is 1.20 bits per heavy atom. The Morgan fingerprint density at radius 3 is 2.80 bits per heavy atom. The molecule has 4 aromatic rings. The highest BCUT2D eigenvalue weighted by Gasteiger charge is 2.40. The number of nitrogens with one attached hydrogen (secondary N) is 3. The van der Waals surface area contributed by atoms with Gasteiger partial charge in [-0.1, -0.05) is 24.3 Å². The van der Waals surface area contributed by atoms with Crippen molar-refractivity contribution >= 4 is 27.7 Å². The van der Waals surface area contributed by atoms with Crippen LogP contribution in [0.3, 0.4) is 0 Å². The molecule has 1 fully saturated rings. The number of hydrogen-bond donors (Lipinski definition) is 3. The molecule has 41 heavy (non-hydrogen) atoms. The number of carbonyl (C=O) groups is 2. The Hall–Kier alpha value is -4.37. The number of sulfonamides is 1. The topological polar surface area (TPSA) is 173 Å². The number of imidazole rings is 1. The van der Waals surface area contributed by atoms with Gasteiger partial charge in [0.15, 0.2) is 11.5 Å². The zero-order chi connectivity index (χ0) is 28.3. The molecule has 2 aliphatic heterocycles. The number of aryl methyl sites for hydroxylation is 1. The molecule has 0 bridgehead atoms. The number of aromatic amines is 1. The molecule has 0 radical (unpaired) electrons. The van der Waals surface area contributed by atoms with Crippen molar-refractivity contribution in [2.75, 3.05) is 11.9 Å². The second-order valence-electron chi connectivity index (χ2n) is 10.6. The number of anilines is 1. The third kappa shape index (κ3) is 4.50. The van der Waals surface area contributed by atoms with Gasteiger partial charge < -0.3 is 10.2 Å². The SMILES string of the molecule is CCc1cc(NC(=O)C2CN(C(=O)c3ncn4c3CNS(=O)(=O)c3ccccc3-4)Cc3nnn(CC4CC4)c32)n[nH]1. The van der Waals surface area contributed by atoms with Gasteiger partial charge in [0.05, 0.1) is 36.1 Å². The Bertz CT molecular complexity index is 1780. The summed E-state index contributed by atoms with van der Waals surface area (Å²) in [5.74, 6) is -0.564. The summed E-state index contributed by atoms with van der Waals surface area (Å²) in [5.41, 5.74) is 3.08. The summed E-state index contributed by atoms with van der Waals surface area (Å²) in [5, 5.41) is 18.7. The summed E-state index contributed by atoms with van der Waals surface area (Å²) in [7, 11) is -3.78. The van der Waals surface area contributed by atoms with Crippen LogP contribution in [0.5, 0.6) is 0 Å². The first kappa shape index (κ1) is 25.6. The van der Waals surface area contributed by atoms with E-state index in [1.165, 1.54) is 17.3 Å². The van der Waals surface area contributed by atoms with E-state index in [1.54, 1.807) is 33.5 Å². The lowest BCUT2D eigenvalue weighted by molar-refractivity contribution is -0.118. The Balaban J connectivity index is 1.22. The average Bonchev–Trinajstić information content (AvgIpc) is 3.35. The lowest BCUT2D eigenvalue weighted by atomic mass is 9.96. The van der Waals surface area contributed by atoms with Crippen LogP contribution in [0, 0.1) is 5.92 Å². The fourth-order valence-corrected chi connectivity index (χ4v) is 6.65. The maximum Gasteiger partial charge on any atom is 0.274 e. The number of H-pyrrole nitrogens is 1. The van der Waals surface area contributed by atoms with Crippen LogP contribution in [-0.2, 0) is 40.9 Å². The standard InChI is InChI=1S/C26H28N10O4S/c1-2-16-9-22(32-30-16)29-25(37)17-12-34(13-18-24(17)36(33-31-18)11-15-7-8-15)26(38)23-20-10-28-41(39,40)21-6-4-3-5-19(21)35(20)14-27-23/h3-6,9,14-15,17,28H,2,7-8,10-13H2,1H3,(H2,29,30,32,37). The van der Waals surface area contributed by atoms with Crippen LogP contribution in [0.15, 0.2) is 41.6 Å². The summed E-state index contributed by atoms with van der Waals surface area (Å²) in [4.78, 5) is 33.6. The fourth-order valence-electron chi connectivity index (χ4n) is 5.47. The fraction of sp³-hybridized carbons (Fsp3) is 0.385. The van der Waals surface area contributed by atoms with Gasteiger partial charge >= 0.3 is 0 Å². The van der Waals surface area contributed by atoms with E-state index in [1.807, 2.05) is 6.92 Å². The zero-order valence-electron chi connectivity index (χ0n) is 22.2. The molecular weight excluding hydrogens is 548 g/mol. The molecule has 3 N–H and O–H groups in total. The van der Waals surface area contributed by atoms with Gasteiger partial charge in [0.25, 0.3) is 5.91 Å². The molecule has 1 atom stereocenters. The minimum Gasteiger partial charge on any atom is -0.330 e. The molecule has 0 spiro atoms. The molecule has 1 unspecified atom stereocenters. The first-order valence-electron chi connectivity index (χ1n) is 13.5. The van der Waals surface area contributed by atoms with Gasteiger partial charge in [-0.3, -0.25) is 19.3 Å². The summed E-state index contributed by atoms with van der Waals surface area (Å²) in [6.45, 7) is 2.78. The molecule has 5 heterocycles. The van der Waals surface area contributed by atoms with E-state index >= 15 is 0 Å². The molecule has 3 aliphatic rings. The second kappa shape index (κ2) is 9.62. The quantitative estimate of drug-likeness (QED) is 0.308. The number of benzene rings is 1. The number of aromatic nitrogens is 7. The molecule has 2 amide bonds. The van der Waals surface area contributed by atoms with Crippen LogP contribution in [0.25, 0.3) is 5.69 Å². The summed E-state index contributed by atoms with van der Waals surface area (Å²) >= 11 is 0. The number of fused-ring (bicyclic) bond motifs is 4. The first-order valence-corrected chi connectivity index (χ1v) is 15.0. The third-order valence-electron chi connectivity index (χ3n) is 7.83. The minimum absolute atomic E-state index is 0.0787. The number of amides is 2. The van der Waals surface area contributed by atoms with Gasteiger partial charge in [0.1, 0.15) is 16.9 Å². The maximum atomic E-state index is 14.0. The van der Waals surface area contributed by atoms with Gasteiger partial charge in [-0.05, 0) is 37.3 Å². The van der Waals surface area contributed by atoms with Crippen molar-refractivity contribution in [2.45, 2.75) is 56.6 Å². The molecule has 15 heteroatoms. The number of para-hydroxylation sites is 1. The predicted octanol–water partition coefficient (Wildman–Crippen LogP) is 1.33. The van der Waals surface area contributed by atoms with Crippen molar-refractivity contribution in [2.24, 2.45) is 5.92 Å². The largest absolute Gasteiger partial charge is 0.330 e. The van der Waals surface area contributed by atoms with Crippen molar-refractivity contribution in [3.05, 3.63) is 65.1 Å². The Labute approximate surface area is 235 Å². The Morgan fingerprint density at radius 2 is 2.02 bits per heavy atom. The zero-order valence-corrected chi connectivity index (χ0v) is 23.1. The van der Waals surface area contributed by atoms with E-state index in [4.69, 9.17) is 0 Å². The van der Waals surface area contributed by atoms with Crippen LogP contribution in [-0.4, -0.2) is 66.4 Å². The third-order valence-corrected chi connectivity index (χ3v) is 9.28. The van der Waals surface area contributed by atoms with Crippen LogP contribution < -0.4 is 10.0 Å². The van der Waals surface area contributed by atoms with E-state index in [-0.39, 0.29) is 36.1 Å². The molecule has 3 aromatic heterocycles. The Kier molecular flexibility index (Phi) is 6.01. The van der Waals surface area contributed by atoms with E-state index < -0.39 is 21.8 Å². The number of hydrogen-bond acceptors (Lipinski definition) is 8. The van der Waals surface area contributed by atoms with Gasteiger partial charge in [-0.15, -0.1) is 5.10 Å². The molecule has 0 saturated heterocycles. The molecule has 1 aliphatic carbocycles. The monoisotopic (exact) mass is 576 g/mol. The molecule has 14 nitrogen and oxygen atoms in total. The molecule has 1 saturated carbocycles. The van der Waals surface area contributed by atoms with Crippen LogP contribution in [0.2, 0.25) is 0 Å². The van der Waals surface area contributed by atoms with Gasteiger partial charge in [-0.2, -0.15) is 5.10 Å². The molecule has 1 aromatic carbocycles. The maximum absolute atomic E-state index is 14.0. The minimum atomic E-state index is -3.78. The van der Waals surface area contributed by atoms with E-state index in [0.717, 1.165) is 25.0 Å². The average molecular weight is 577 g/mol. The lowest BCUT2D eigenvalue weighted by Crippen LogP contribution is -2.43. The van der Waals surface area contributed by atoms with E-state index in [0.29, 0.717) is 41.0 Å². The van der Waals surface area contributed by atoms with Crippen molar-refractivity contribution in [3.63, 3.8) is 0 Å². The smallest absolute Gasteiger partial charge is 0.274 e.